The summed E-state index contributed by atoms with van der Waals surface area (Å²) in [6, 6.07) is 8.99. The highest BCUT2D eigenvalue weighted by molar-refractivity contribution is 5.21. The molecule has 0 radical (unpaired) electrons. The third-order valence-electron chi connectivity index (χ3n) is 4.57. The van der Waals surface area contributed by atoms with Crippen molar-refractivity contribution in [2.45, 2.75) is 66.3 Å². The van der Waals surface area contributed by atoms with E-state index < -0.39 is 0 Å². The van der Waals surface area contributed by atoms with Gasteiger partial charge in [0.2, 0.25) is 0 Å². The summed E-state index contributed by atoms with van der Waals surface area (Å²) in [7, 11) is 0. The van der Waals surface area contributed by atoms with Crippen LogP contribution in [0.25, 0.3) is 0 Å². The Labute approximate surface area is 144 Å². The lowest BCUT2D eigenvalue weighted by Gasteiger charge is -2.34. The lowest BCUT2D eigenvalue weighted by molar-refractivity contribution is 0.125. The van der Waals surface area contributed by atoms with E-state index in [1.807, 2.05) is 13.8 Å². The summed E-state index contributed by atoms with van der Waals surface area (Å²) in [5.41, 5.74) is 2.81. The average Bonchev–Trinajstić information content (AvgIpc) is 2.60. The number of rotatable bonds is 8. The molecule has 1 aliphatic heterocycles. The Morgan fingerprint density at radius 2 is 1.35 bits per heavy atom. The van der Waals surface area contributed by atoms with Crippen LogP contribution >= 0.6 is 0 Å². The van der Waals surface area contributed by atoms with E-state index in [2.05, 4.69) is 47.9 Å². The Kier molecular flexibility index (Phi) is 11.0. The number of benzene rings is 1. The van der Waals surface area contributed by atoms with E-state index in [-0.39, 0.29) is 0 Å². The number of nitrogens with zero attached hydrogens (tertiary/aromatic N) is 2. The van der Waals surface area contributed by atoms with Gasteiger partial charge in [-0.3, -0.25) is 4.90 Å². The van der Waals surface area contributed by atoms with Crippen molar-refractivity contribution < 1.29 is 0 Å². The van der Waals surface area contributed by atoms with Crippen molar-refractivity contribution in [3.8, 4) is 0 Å². The lowest BCUT2D eigenvalue weighted by Crippen LogP contribution is -2.46. The van der Waals surface area contributed by atoms with Crippen molar-refractivity contribution in [3.05, 3.63) is 35.4 Å². The molecular weight excluding hydrogens is 280 g/mol. The van der Waals surface area contributed by atoms with Gasteiger partial charge in [-0.05, 0) is 25.5 Å². The van der Waals surface area contributed by atoms with E-state index >= 15 is 0 Å². The van der Waals surface area contributed by atoms with Crippen LogP contribution < -0.4 is 0 Å². The Hall–Kier alpha value is -0.860. The molecule has 0 aromatic heterocycles. The summed E-state index contributed by atoms with van der Waals surface area (Å²) in [4.78, 5) is 5.25. The number of hydrogen-bond donors (Lipinski definition) is 0. The fourth-order valence-corrected chi connectivity index (χ4v) is 3.06. The van der Waals surface area contributed by atoms with E-state index in [0.717, 1.165) is 6.54 Å². The molecule has 23 heavy (non-hydrogen) atoms. The van der Waals surface area contributed by atoms with Gasteiger partial charge in [0.1, 0.15) is 0 Å². The molecular formula is C21H38N2. The fraction of sp³-hybridized carbons (Fsp3) is 0.714. The Balaban J connectivity index is 0.00000127. The smallest absolute Gasteiger partial charge is 0.0234 e. The van der Waals surface area contributed by atoms with Crippen molar-refractivity contribution in [3.63, 3.8) is 0 Å². The van der Waals surface area contributed by atoms with Crippen molar-refractivity contribution in [2.24, 2.45) is 0 Å². The minimum absolute atomic E-state index is 1.12. The molecule has 0 amide bonds. The van der Waals surface area contributed by atoms with E-state index in [9.17, 15) is 0 Å². The molecule has 1 aromatic rings. The molecule has 2 nitrogen and oxygen atoms in total. The number of unbranched alkanes of at least 4 members (excludes halogenated alkanes) is 4. The summed E-state index contributed by atoms with van der Waals surface area (Å²) >= 11 is 0. The average molecular weight is 319 g/mol. The zero-order valence-electron chi connectivity index (χ0n) is 16.0. The van der Waals surface area contributed by atoms with Crippen LogP contribution in [0.5, 0.6) is 0 Å². The first-order valence-electron chi connectivity index (χ1n) is 9.78. The van der Waals surface area contributed by atoms with Gasteiger partial charge in [-0.15, -0.1) is 0 Å². The monoisotopic (exact) mass is 318 g/mol. The Morgan fingerprint density at radius 3 is 1.96 bits per heavy atom. The SMILES string of the molecule is CC.CCCCCCCN1CCN(Cc2ccc(C)cc2)CC1. The molecule has 0 bridgehead atoms. The summed E-state index contributed by atoms with van der Waals surface area (Å²) in [6.45, 7) is 15.8. The van der Waals surface area contributed by atoms with Crippen molar-refractivity contribution in [2.75, 3.05) is 32.7 Å². The van der Waals surface area contributed by atoms with E-state index in [0.29, 0.717) is 0 Å². The molecule has 0 spiro atoms. The van der Waals surface area contributed by atoms with E-state index in [1.165, 1.54) is 76.0 Å². The topological polar surface area (TPSA) is 6.48 Å². The van der Waals surface area contributed by atoms with Gasteiger partial charge in [-0.25, -0.2) is 0 Å². The molecule has 0 saturated carbocycles. The first kappa shape index (κ1) is 20.2. The van der Waals surface area contributed by atoms with Gasteiger partial charge in [0.05, 0.1) is 0 Å². The predicted molar refractivity (Wildman–Crippen MR) is 103 cm³/mol. The molecule has 1 saturated heterocycles. The normalized spacial score (nSPS) is 16.0. The molecule has 0 atom stereocenters. The Bertz CT molecular complexity index is 377. The second-order valence-corrected chi connectivity index (χ2v) is 6.52. The molecule has 132 valence electrons. The van der Waals surface area contributed by atoms with Gasteiger partial charge in [0, 0.05) is 32.7 Å². The second kappa shape index (κ2) is 12.5. The second-order valence-electron chi connectivity index (χ2n) is 6.52. The predicted octanol–water partition coefficient (Wildman–Crippen LogP) is 5.11. The molecule has 0 unspecified atom stereocenters. The Morgan fingerprint density at radius 1 is 0.783 bits per heavy atom. The first-order valence-corrected chi connectivity index (χ1v) is 9.78. The quantitative estimate of drug-likeness (QED) is 0.615. The molecule has 1 fully saturated rings. The maximum Gasteiger partial charge on any atom is 0.0234 e. The zero-order valence-corrected chi connectivity index (χ0v) is 16.0. The minimum atomic E-state index is 1.12. The van der Waals surface area contributed by atoms with E-state index in [4.69, 9.17) is 0 Å². The van der Waals surface area contributed by atoms with Gasteiger partial charge >= 0.3 is 0 Å². The van der Waals surface area contributed by atoms with E-state index in [1.54, 1.807) is 0 Å². The number of piperazine rings is 1. The highest BCUT2D eigenvalue weighted by Crippen LogP contribution is 2.11. The van der Waals surface area contributed by atoms with Crippen LogP contribution in [-0.2, 0) is 6.54 Å². The maximum atomic E-state index is 2.65. The summed E-state index contributed by atoms with van der Waals surface area (Å²) in [5, 5.41) is 0. The van der Waals surface area contributed by atoms with Gasteiger partial charge in [-0.1, -0.05) is 76.3 Å². The molecule has 2 heteroatoms. The summed E-state index contributed by atoms with van der Waals surface area (Å²) in [5.74, 6) is 0. The van der Waals surface area contributed by atoms with Gasteiger partial charge < -0.3 is 4.90 Å². The molecule has 2 rings (SSSR count). The van der Waals surface area contributed by atoms with Crippen LogP contribution in [0.15, 0.2) is 24.3 Å². The van der Waals surface area contributed by atoms with Crippen LogP contribution in [-0.4, -0.2) is 42.5 Å². The molecule has 1 aromatic carbocycles. The van der Waals surface area contributed by atoms with Crippen LogP contribution in [0.3, 0.4) is 0 Å². The van der Waals surface area contributed by atoms with Crippen molar-refractivity contribution in [1.82, 2.24) is 9.80 Å². The third kappa shape index (κ3) is 8.53. The van der Waals surface area contributed by atoms with Crippen molar-refractivity contribution >= 4 is 0 Å². The highest BCUT2D eigenvalue weighted by Gasteiger charge is 2.16. The molecule has 0 N–H and O–H groups in total. The van der Waals surface area contributed by atoms with Gasteiger partial charge in [0.15, 0.2) is 0 Å². The zero-order chi connectivity index (χ0) is 16.9. The summed E-state index contributed by atoms with van der Waals surface area (Å²) in [6.07, 6.45) is 6.97. The highest BCUT2D eigenvalue weighted by atomic mass is 15.3. The fourth-order valence-electron chi connectivity index (χ4n) is 3.06. The maximum absolute atomic E-state index is 2.65. The van der Waals surface area contributed by atoms with Crippen LogP contribution in [0.2, 0.25) is 0 Å². The van der Waals surface area contributed by atoms with Crippen molar-refractivity contribution in [1.29, 1.82) is 0 Å². The van der Waals surface area contributed by atoms with Gasteiger partial charge in [0.25, 0.3) is 0 Å². The molecule has 1 aliphatic rings. The summed E-state index contributed by atoms with van der Waals surface area (Å²) < 4.78 is 0. The molecule has 0 aliphatic carbocycles. The van der Waals surface area contributed by atoms with Crippen LogP contribution in [0.4, 0.5) is 0 Å². The minimum Gasteiger partial charge on any atom is -0.301 e. The van der Waals surface area contributed by atoms with Gasteiger partial charge in [-0.2, -0.15) is 0 Å². The number of hydrogen-bond acceptors (Lipinski definition) is 2. The first-order chi connectivity index (χ1) is 11.3. The van der Waals surface area contributed by atoms with Crippen LogP contribution in [0.1, 0.15) is 64.0 Å². The standard InChI is InChI=1S/C19H32N2.C2H6/c1-3-4-5-6-7-12-20-13-15-21(16-14-20)17-19-10-8-18(2)9-11-19;1-2/h8-11H,3-7,12-17H2,1-2H3;1-2H3. The molecule has 1 heterocycles. The third-order valence-corrected chi connectivity index (χ3v) is 4.57. The number of aryl methyl sites for hydroxylation is 1. The van der Waals surface area contributed by atoms with Crippen LogP contribution in [0, 0.1) is 6.92 Å². The lowest BCUT2D eigenvalue weighted by atomic mass is 10.1. The largest absolute Gasteiger partial charge is 0.301 e.